The van der Waals surface area contributed by atoms with Crippen molar-refractivity contribution in [2.24, 2.45) is 5.92 Å². The number of rotatable bonds is 5. The third-order valence-corrected chi connectivity index (χ3v) is 4.36. The fourth-order valence-corrected chi connectivity index (χ4v) is 3.68. The fraction of sp³-hybridized carbons (Fsp3) is 0.909. The van der Waals surface area contributed by atoms with E-state index in [1.165, 1.54) is 0 Å². The van der Waals surface area contributed by atoms with Gasteiger partial charge in [-0.3, -0.25) is 4.79 Å². The van der Waals surface area contributed by atoms with Crippen LogP contribution in [-0.4, -0.2) is 21.7 Å². The van der Waals surface area contributed by atoms with E-state index in [0.717, 1.165) is 25.7 Å². The van der Waals surface area contributed by atoms with Crippen molar-refractivity contribution in [1.82, 2.24) is 5.32 Å². The Morgan fingerprint density at radius 2 is 2.00 bits per heavy atom. The Kier molecular flexibility index (Phi) is 5.21. The number of nitrogens with one attached hydrogen (secondary N) is 1. The Morgan fingerprint density at radius 3 is 2.50 bits per heavy atom. The number of amides is 1. The van der Waals surface area contributed by atoms with Gasteiger partial charge in [-0.05, 0) is 12.8 Å². The van der Waals surface area contributed by atoms with Gasteiger partial charge in [-0.2, -0.15) is 0 Å². The molecule has 1 aliphatic heterocycles. The highest BCUT2D eigenvalue weighted by Crippen LogP contribution is 2.44. The normalized spacial score (nSPS) is 30.2. The number of carbonyl (C=O) groups is 1. The van der Waals surface area contributed by atoms with Crippen LogP contribution in [0.25, 0.3) is 0 Å². The van der Waals surface area contributed by atoms with Crippen molar-refractivity contribution >= 4 is 40.7 Å². The van der Waals surface area contributed by atoms with Crippen molar-refractivity contribution in [2.45, 2.75) is 55.3 Å². The maximum absolute atomic E-state index is 11.7. The predicted octanol–water partition coefficient (Wildman–Crippen LogP) is 3.48. The minimum absolute atomic E-state index is 0.00144. The Hall–Kier alpha value is 0.340. The van der Waals surface area contributed by atoms with Crippen LogP contribution >= 0.6 is 34.8 Å². The number of carbonyl (C=O) groups excluding carboxylic acids is 1. The summed E-state index contributed by atoms with van der Waals surface area (Å²) in [4.78, 5) is 11.7. The zero-order valence-electron chi connectivity index (χ0n) is 9.60. The van der Waals surface area contributed by atoms with Crippen LogP contribution in [0.15, 0.2) is 0 Å². The monoisotopic (exact) mass is 285 g/mol. The smallest absolute Gasteiger partial charge is 0.257 e. The van der Waals surface area contributed by atoms with Gasteiger partial charge < -0.3 is 5.32 Å². The van der Waals surface area contributed by atoms with Gasteiger partial charge in [0.2, 0.25) is 4.33 Å². The molecular formula is C11H18Cl3NO. The Balaban J connectivity index is 2.84. The summed E-state index contributed by atoms with van der Waals surface area (Å²) in [6, 6.07) is 0.00144. The molecule has 1 fully saturated rings. The van der Waals surface area contributed by atoms with E-state index in [9.17, 15) is 4.79 Å². The first-order chi connectivity index (χ1) is 7.45. The molecule has 1 aliphatic rings. The summed E-state index contributed by atoms with van der Waals surface area (Å²) in [7, 11) is 0. The van der Waals surface area contributed by atoms with Gasteiger partial charge in [0.1, 0.15) is 0 Å². The van der Waals surface area contributed by atoms with Gasteiger partial charge in [-0.25, -0.2) is 0 Å². The third kappa shape index (κ3) is 2.77. The lowest BCUT2D eigenvalue weighted by molar-refractivity contribution is -0.120. The first-order valence-corrected chi connectivity index (χ1v) is 6.97. The van der Waals surface area contributed by atoms with E-state index in [0.29, 0.717) is 0 Å². The number of hydrogen-bond donors (Lipinski definition) is 1. The van der Waals surface area contributed by atoms with Gasteiger partial charge >= 0.3 is 0 Å². The number of halogens is 3. The van der Waals surface area contributed by atoms with Crippen molar-refractivity contribution in [3.8, 4) is 0 Å². The van der Waals surface area contributed by atoms with Crippen molar-refractivity contribution in [1.29, 1.82) is 0 Å². The van der Waals surface area contributed by atoms with E-state index >= 15 is 0 Å². The molecule has 3 atom stereocenters. The SMILES string of the molecule is CCCC(Cl)[C@H]1[C@@H](CCC)NC(=O)C1(Cl)Cl. The molecule has 1 N–H and O–H groups in total. The lowest BCUT2D eigenvalue weighted by Gasteiger charge is -2.28. The van der Waals surface area contributed by atoms with E-state index in [4.69, 9.17) is 34.8 Å². The molecule has 5 heteroatoms. The summed E-state index contributed by atoms with van der Waals surface area (Å²) in [5.74, 6) is -0.508. The predicted molar refractivity (Wildman–Crippen MR) is 69.3 cm³/mol. The van der Waals surface area contributed by atoms with Gasteiger partial charge in [0.15, 0.2) is 0 Å². The van der Waals surface area contributed by atoms with Crippen LogP contribution in [0.5, 0.6) is 0 Å². The van der Waals surface area contributed by atoms with Gasteiger partial charge in [0.05, 0.1) is 0 Å². The second kappa shape index (κ2) is 5.79. The van der Waals surface area contributed by atoms with E-state index in [1.54, 1.807) is 0 Å². The Bertz CT molecular complexity index is 258. The zero-order chi connectivity index (χ0) is 12.3. The summed E-state index contributed by atoms with van der Waals surface area (Å²) in [5.41, 5.74) is 0. The first kappa shape index (κ1) is 14.4. The molecule has 0 saturated carbocycles. The molecule has 0 spiro atoms. The molecule has 1 heterocycles. The van der Waals surface area contributed by atoms with Gasteiger partial charge in [-0.1, -0.05) is 49.9 Å². The average molecular weight is 287 g/mol. The van der Waals surface area contributed by atoms with E-state index in [1.807, 2.05) is 0 Å². The van der Waals surface area contributed by atoms with Crippen molar-refractivity contribution < 1.29 is 4.79 Å². The molecule has 1 saturated heterocycles. The van der Waals surface area contributed by atoms with Gasteiger partial charge in [-0.15, -0.1) is 11.6 Å². The molecule has 0 aromatic carbocycles. The molecule has 0 radical (unpaired) electrons. The van der Waals surface area contributed by atoms with Gasteiger partial charge in [0.25, 0.3) is 5.91 Å². The fourth-order valence-electron chi connectivity index (χ4n) is 2.26. The molecule has 1 rings (SSSR count). The van der Waals surface area contributed by atoms with Crippen LogP contribution in [0.1, 0.15) is 39.5 Å². The van der Waals surface area contributed by atoms with E-state index < -0.39 is 4.33 Å². The molecule has 2 nitrogen and oxygen atoms in total. The molecule has 1 unspecified atom stereocenters. The Labute approximate surface area is 112 Å². The van der Waals surface area contributed by atoms with Crippen LogP contribution in [-0.2, 0) is 4.79 Å². The molecule has 0 aromatic rings. The van der Waals surface area contributed by atoms with Crippen LogP contribution in [0.3, 0.4) is 0 Å². The lowest BCUT2D eigenvalue weighted by Crippen LogP contribution is -2.37. The first-order valence-electron chi connectivity index (χ1n) is 5.78. The summed E-state index contributed by atoms with van der Waals surface area (Å²) in [6.07, 6.45) is 3.62. The highest BCUT2D eigenvalue weighted by Gasteiger charge is 2.55. The third-order valence-electron chi connectivity index (χ3n) is 3.03. The molecule has 1 amide bonds. The van der Waals surface area contributed by atoms with Crippen molar-refractivity contribution in [2.75, 3.05) is 0 Å². The maximum atomic E-state index is 11.7. The van der Waals surface area contributed by atoms with Crippen molar-refractivity contribution in [3.05, 3.63) is 0 Å². The molecule has 94 valence electrons. The average Bonchev–Trinajstić information content (AvgIpc) is 2.38. The van der Waals surface area contributed by atoms with Crippen LogP contribution in [0.4, 0.5) is 0 Å². The summed E-state index contributed by atoms with van der Waals surface area (Å²) in [6.45, 7) is 4.12. The zero-order valence-corrected chi connectivity index (χ0v) is 11.9. The van der Waals surface area contributed by atoms with Gasteiger partial charge in [0, 0.05) is 17.3 Å². The Morgan fingerprint density at radius 1 is 1.38 bits per heavy atom. The quantitative estimate of drug-likeness (QED) is 0.770. The second-order valence-corrected chi connectivity index (χ2v) is 6.27. The van der Waals surface area contributed by atoms with Crippen LogP contribution < -0.4 is 5.32 Å². The highest BCUT2D eigenvalue weighted by molar-refractivity contribution is 6.59. The minimum atomic E-state index is -1.37. The summed E-state index contributed by atoms with van der Waals surface area (Å²) in [5, 5.41) is 2.69. The number of alkyl halides is 3. The molecule has 0 aromatic heterocycles. The second-order valence-electron chi connectivity index (χ2n) is 4.32. The van der Waals surface area contributed by atoms with E-state index in [-0.39, 0.29) is 23.2 Å². The number of hydrogen-bond acceptors (Lipinski definition) is 1. The minimum Gasteiger partial charge on any atom is -0.350 e. The van der Waals surface area contributed by atoms with Crippen molar-refractivity contribution in [3.63, 3.8) is 0 Å². The summed E-state index contributed by atoms with van der Waals surface area (Å²) >= 11 is 18.5. The lowest BCUT2D eigenvalue weighted by atomic mass is 9.90. The standard InChI is InChI=1S/C11H18Cl3NO/c1-3-5-7(12)9-8(6-4-2)15-10(16)11(9,13)14/h7-9H,3-6H2,1-2H3,(H,15,16)/t7?,8-,9+/m1/s1. The van der Waals surface area contributed by atoms with Crippen LogP contribution in [0.2, 0.25) is 0 Å². The molecular weight excluding hydrogens is 268 g/mol. The highest BCUT2D eigenvalue weighted by atomic mass is 35.5. The van der Waals surface area contributed by atoms with E-state index in [2.05, 4.69) is 19.2 Å². The largest absolute Gasteiger partial charge is 0.350 e. The molecule has 16 heavy (non-hydrogen) atoms. The molecule has 0 aliphatic carbocycles. The topological polar surface area (TPSA) is 29.1 Å². The molecule has 0 bridgehead atoms. The summed E-state index contributed by atoms with van der Waals surface area (Å²) < 4.78 is -1.37. The van der Waals surface area contributed by atoms with Crippen LogP contribution in [0, 0.1) is 5.92 Å². The maximum Gasteiger partial charge on any atom is 0.257 e.